The van der Waals surface area contributed by atoms with Gasteiger partial charge in [0.15, 0.2) is 11.5 Å². The first-order chi connectivity index (χ1) is 9.24. The van der Waals surface area contributed by atoms with Crippen molar-refractivity contribution in [1.29, 1.82) is 0 Å². The molecule has 1 aromatic carbocycles. The molecule has 1 heterocycles. The summed E-state index contributed by atoms with van der Waals surface area (Å²) in [6, 6.07) is 5.26. The SMILES string of the molecule is COc1ccc(NC(=O)C2CCCCN2)cc1OC. The number of benzene rings is 1. The second kappa shape index (κ2) is 6.43. The van der Waals surface area contributed by atoms with E-state index < -0.39 is 0 Å². The Balaban J connectivity index is 2.03. The van der Waals surface area contributed by atoms with Gasteiger partial charge in [-0.05, 0) is 31.5 Å². The number of nitrogens with one attached hydrogen (secondary N) is 2. The van der Waals surface area contributed by atoms with Gasteiger partial charge in [-0.2, -0.15) is 0 Å². The fraction of sp³-hybridized carbons (Fsp3) is 0.500. The molecule has 1 aliphatic heterocycles. The molecule has 0 saturated carbocycles. The van der Waals surface area contributed by atoms with E-state index in [0.717, 1.165) is 31.5 Å². The van der Waals surface area contributed by atoms with E-state index in [4.69, 9.17) is 9.47 Å². The second-order valence-electron chi connectivity index (χ2n) is 4.56. The second-order valence-corrected chi connectivity index (χ2v) is 4.56. The summed E-state index contributed by atoms with van der Waals surface area (Å²) in [6.45, 7) is 0.907. The third-order valence-electron chi connectivity index (χ3n) is 3.28. The van der Waals surface area contributed by atoms with Gasteiger partial charge in [-0.3, -0.25) is 4.79 Å². The molecule has 0 bridgehead atoms. The largest absolute Gasteiger partial charge is 0.493 e. The van der Waals surface area contributed by atoms with Crippen molar-refractivity contribution >= 4 is 11.6 Å². The van der Waals surface area contributed by atoms with E-state index in [-0.39, 0.29) is 11.9 Å². The van der Waals surface area contributed by atoms with Crippen molar-refractivity contribution in [3.05, 3.63) is 18.2 Å². The van der Waals surface area contributed by atoms with E-state index >= 15 is 0 Å². The Morgan fingerprint density at radius 3 is 2.68 bits per heavy atom. The standard InChI is InChI=1S/C14H20N2O3/c1-18-12-7-6-10(9-13(12)19-2)16-14(17)11-5-3-4-8-15-11/h6-7,9,11,15H,3-5,8H2,1-2H3,(H,16,17). The maximum absolute atomic E-state index is 12.1. The summed E-state index contributed by atoms with van der Waals surface area (Å²) in [5.41, 5.74) is 0.718. The van der Waals surface area contributed by atoms with E-state index in [1.54, 1.807) is 26.4 Å². The van der Waals surface area contributed by atoms with Crippen LogP contribution >= 0.6 is 0 Å². The molecule has 1 fully saturated rings. The number of carbonyl (C=O) groups is 1. The van der Waals surface area contributed by atoms with Crippen LogP contribution in [-0.4, -0.2) is 32.7 Å². The van der Waals surface area contributed by atoms with Gasteiger partial charge in [-0.15, -0.1) is 0 Å². The lowest BCUT2D eigenvalue weighted by atomic mass is 10.0. The van der Waals surface area contributed by atoms with Crippen LogP contribution in [0.15, 0.2) is 18.2 Å². The molecule has 1 aliphatic rings. The average Bonchev–Trinajstić information content (AvgIpc) is 2.48. The zero-order valence-electron chi connectivity index (χ0n) is 11.4. The Hall–Kier alpha value is -1.75. The molecule has 0 radical (unpaired) electrons. The molecule has 0 aromatic heterocycles. The molecule has 0 aliphatic carbocycles. The molecule has 1 amide bonds. The molecule has 0 spiro atoms. The van der Waals surface area contributed by atoms with Gasteiger partial charge < -0.3 is 20.1 Å². The number of hydrogen-bond acceptors (Lipinski definition) is 4. The molecule has 2 rings (SSSR count). The van der Waals surface area contributed by atoms with Gasteiger partial charge in [0.2, 0.25) is 5.91 Å². The summed E-state index contributed by atoms with van der Waals surface area (Å²) in [4.78, 5) is 12.1. The predicted molar refractivity (Wildman–Crippen MR) is 73.8 cm³/mol. The highest BCUT2D eigenvalue weighted by Crippen LogP contribution is 2.29. The Bertz CT molecular complexity index is 442. The van der Waals surface area contributed by atoms with Crippen LogP contribution in [0.5, 0.6) is 11.5 Å². The quantitative estimate of drug-likeness (QED) is 0.870. The molecular weight excluding hydrogens is 244 g/mol. The van der Waals surface area contributed by atoms with Crippen molar-refractivity contribution in [2.45, 2.75) is 25.3 Å². The number of piperidine rings is 1. The molecule has 5 nitrogen and oxygen atoms in total. The minimum atomic E-state index is -0.0955. The number of hydrogen-bond donors (Lipinski definition) is 2. The van der Waals surface area contributed by atoms with Crippen LogP contribution in [0, 0.1) is 0 Å². The summed E-state index contributed by atoms with van der Waals surface area (Å²) in [6.07, 6.45) is 3.12. The van der Waals surface area contributed by atoms with E-state index in [0.29, 0.717) is 11.5 Å². The van der Waals surface area contributed by atoms with Gasteiger partial charge in [0.05, 0.1) is 20.3 Å². The number of amides is 1. The van der Waals surface area contributed by atoms with E-state index in [1.165, 1.54) is 0 Å². The van der Waals surface area contributed by atoms with Crippen molar-refractivity contribution in [3.63, 3.8) is 0 Å². The van der Waals surface area contributed by atoms with Crippen LogP contribution in [0.4, 0.5) is 5.69 Å². The molecule has 5 heteroatoms. The minimum Gasteiger partial charge on any atom is -0.493 e. The third kappa shape index (κ3) is 3.38. The first-order valence-corrected chi connectivity index (χ1v) is 6.51. The van der Waals surface area contributed by atoms with Crippen LogP contribution in [-0.2, 0) is 4.79 Å². The molecular formula is C14H20N2O3. The van der Waals surface area contributed by atoms with Crippen molar-refractivity contribution in [2.24, 2.45) is 0 Å². The highest BCUT2D eigenvalue weighted by Gasteiger charge is 2.20. The maximum Gasteiger partial charge on any atom is 0.241 e. The van der Waals surface area contributed by atoms with E-state index in [9.17, 15) is 4.79 Å². The minimum absolute atomic E-state index is 0.00641. The number of anilines is 1. The molecule has 1 aromatic rings. The van der Waals surface area contributed by atoms with Gasteiger partial charge >= 0.3 is 0 Å². The van der Waals surface area contributed by atoms with Gasteiger partial charge in [-0.1, -0.05) is 6.42 Å². The smallest absolute Gasteiger partial charge is 0.241 e. The van der Waals surface area contributed by atoms with Crippen molar-refractivity contribution in [1.82, 2.24) is 5.32 Å². The summed E-state index contributed by atoms with van der Waals surface area (Å²) in [5, 5.41) is 6.12. The van der Waals surface area contributed by atoms with Crippen LogP contribution in [0.25, 0.3) is 0 Å². The molecule has 2 N–H and O–H groups in total. The Kier molecular flexibility index (Phi) is 4.63. The molecule has 19 heavy (non-hydrogen) atoms. The zero-order valence-corrected chi connectivity index (χ0v) is 11.4. The highest BCUT2D eigenvalue weighted by atomic mass is 16.5. The third-order valence-corrected chi connectivity index (χ3v) is 3.28. The number of methoxy groups -OCH3 is 2. The topological polar surface area (TPSA) is 59.6 Å². The van der Waals surface area contributed by atoms with Crippen molar-refractivity contribution in [3.8, 4) is 11.5 Å². The Morgan fingerprint density at radius 2 is 2.05 bits per heavy atom. The van der Waals surface area contributed by atoms with Crippen LogP contribution < -0.4 is 20.1 Å². The normalized spacial score (nSPS) is 18.7. The molecule has 1 atom stereocenters. The Labute approximate surface area is 113 Å². The molecule has 1 unspecified atom stereocenters. The van der Waals surface area contributed by atoms with Gasteiger partial charge in [0.1, 0.15) is 0 Å². The number of carbonyl (C=O) groups excluding carboxylic acids is 1. The number of ether oxygens (including phenoxy) is 2. The number of rotatable bonds is 4. The fourth-order valence-electron chi connectivity index (χ4n) is 2.22. The summed E-state index contributed by atoms with van der Waals surface area (Å²) in [5.74, 6) is 1.26. The fourth-order valence-corrected chi connectivity index (χ4v) is 2.22. The molecule has 104 valence electrons. The summed E-state index contributed by atoms with van der Waals surface area (Å²) < 4.78 is 10.4. The lowest BCUT2D eigenvalue weighted by molar-refractivity contribution is -0.118. The molecule has 1 saturated heterocycles. The average molecular weight is 264 g/mol. The van der Waals surface area contributed by atoms with Crippen LogP contribution in [0.3, 0.4) is 0 Å². The maximum atomic E-state index is 12.1. The van der Waals surface area contributed by atoms with E-state index in [2.05, 4.69) is 10.6 Å². The first kappa shape index (κ1) is 13.7. The van der Waals surface area contributed by atoms with Gasteiger partial charge in [0.25, 0.3) is 0 Å². The highest BCUT2D eigenvalue weighted by molar-refractivity contribution is 5.95. The lowest BCUT2D eigenvalue weighted by Gasteiger charge is -2.22. The van der Waals surface area contributed by atoms with Crippen molar-refractivity contribution < 1.29 is 14.3 Å². The van der Waals surface area contributed by atoms with Gasteiger partial charge in [-0.25, -0.2) is 0 Å². The summed E-state index contributed by atoms with van der Waals surface area (Å²) >= 11 is 0. The zero-order chi connectivity index (χ0) is 13.7. The van der Waals surface area contributed by atoms with Crippen LogP contribution in [0.2, 0.25) is 0 Å². The lowest BCUT2D eigenvalue weighted by Crippen LogP contribution is -2.43. The van der Waals surface area contributed by atoms with E-state index in [1.807, 2.05) is 6.07 Å². The van der Waals surface area contributed by atoms with Gasteiger partial charge in [0, 0.05) is 11.8 Å². The predicted octanol–water partition coefficient (Wildman–Crippen LogP) is 1.78. The first-order valence-electron chi connectivity index (χ1n) is 6.51. The Morgan fingerprint density at radius 1 is 1.26 bits per heavy atom. The monoisotopic (exact) mass is 264 g/mol. The van der Waals surface area contributed by atoms with Crippen LogP contribution in [0.1, 0.15) is 19.3 Å². The summed E-state index contributed by atoms with van der Waals surface area (Å²) in [7, 11) is 3.16. The van der Waals surface area contributed by atoms with Crippen molar-refractivity contribution in [2.75, 3.05) is 26.1 Å².